The van der Waals surface area contributed by atoms with Crippen molar-refractivity contribution in [2.45, 2.75) is 19.4 Å². The van der Waals surface area contributed by atoms with Gasteiger partial charge in [-0.2, -0.15) is 0 Å². The average molecular weight is 298 g/mol. The Hall–Kier alpha value is -1.59. The number of benzene rings is 1. The van der Waals surface area contributed by atoms with Gasteiger partial charge in [-0.15, -0.1) is 12.4 Å². The lowest BCUT2D eigenvalue weighted by Gasteiger charge is -2.17. The molecule has 2 rings (SSSR count). The summed E-state index contributed by atoms with van der Waals surface area (Å²) in [6, 6.07) is 7.43. The third-order valence-electron chi connectivity index (χ3n) is 3.22. The van der Waals surface area contributed by atoms with Crippen LogP contribution in [0.5, 0.6) is 0 Å². The molecule has 1 aliphatic heterocycles. The van der Waals surface area contributed by atoms with Gasteiger partial charge in [0.05, 0.1) is 6.54 Å². The van der Waals surface area contributed by atoms with Gasteiger partial charge in [-0.1, -0.05) is 17.7 Å². The van der Waals surface area contributed by atoms with Crippen molar-refractivity contribution < 1.29 is 9.59 Å². The Bertz CT molecular complexity index is 476. The van der Waals surface area contributed by atoms with Gasteiger partial charge >= 0.3 is 0 Å². The number of rotatable bonds is 4. The van der Waals surface area contributed by atoms with Crippen LogP contribution >= 0.6 is 12.4 Å². The maximum Gasteiger partial charge on any atom is 0.249 e. The van der Waals surface area contributed by atoms with Crippen molar-refractivity contribution in [1.29, 1.82) is 0 Å². The van der Waals surface area contributed by atoms with Gasteiger partial charge in [0.1, 0.15) is 6.04 Å². The maximum atomic E-state index is 12.2. The van der Waals surface area contributed by atoms with Gasteiger partial charge in [0, 0.05) is 12.2 Å². The number of amides is 2. The second-order valence-corrected chi connectivity index (χ2v) is 4.76. The minimum absolute atomic E-state index is 0. The number of hydrogen-bond donors (Lipinski definition) is 2. The summed E-state index contributed by atoms with van der Waals surface area (Å²) >= 11 is 0. The Morgan fingerprint density at radius 2 is 2.00 bits per heavy atom. The zero-order valence-corrected chi connectivity index (χ0v) is 12.5. The second-order valence-electron chi connectivity index (χ2n) is 4.76. The van der Waals surface area contributed by atoms with Crippen molar-refractivity contribution in [2.24, 2.45) is 0 Å². The van der Waals surface area contributed by atoms with Crippen LogP contribution in [0, 0.1) is 6.92 Å². The predicted octanol–water partition coefficient (Wildman–Crippen LogP) is 0.858. The zero-order chi connectivity index (χ0) is 13.8. The first-order valence-electron chi connectivity index (χ1n) is 6.44. The van der Waals surface area contributed by atoms with E-state index >= 15 is 0 Å². The number of hydrogen-bond acceptors (Lipinski definition) is 3. The number of nitrogens with zero attached hydrogens (tertiary/aromatic N) is 1. The highest BCUT2D eigenvalue weighted by molar-refractivity contribution is 6.01. The van der Waals surface area contributed by atoms with Crippen molar-refractivity contribution in [3.8, 4) is 0 Å². The smallest absolute Gasteiger partial charge is 0.249 e. The van der Waals surface area contributed by atoms with E-state index in [0.29, 0.717) is 13.0 Å². The Morgan fingerprint density at radius 3 is 2.60 bits per heavy atom. The molecule has 110 valence electrons. The van der Waals surface area contributed by atoms with Crippen LogP contribution < -0.4 is 15.5 Å². The number of carbonyl (C=O) groups excluding carboxylic acids is 2. The predicted molar refractivity (Wildman–Crippen MR) is 81.3 cm³/mol. The fourth-order valence-electron chi connectivity index (χ4n) is 2.20. The molecular weight excluding hydrogens is 278 g/mol. The normalized spacial score (nSPS) is 17.8. The number of aryl methyl sites for hydroxylation is 1. The fourth-order valence-corrected chi connectivity index (χ4v) is 2.20. The first kappa shape index (κ1) is 16.5. The van der Waals surface area contributed by atoms with Gasteiger partial charge in [0.25, 0.3) is 0 Å². The van der Waals surface area contributed by atoms with Crippen LogP contribution in [0.3, 0.4) is 0 Å². The molecule has 0 spiro atoms. The highest BCUT2D eigenvalue weighted by Gasteiger charge is 2.33. The molecule has 0 aliphatic carbocycles. The third kappa shape index (κ3) is 3.71. The Balaban J connectivity index is 0.00000200. The Morgan fingerprint density at radius 1 is 1.35 bits per heavy atom. The molecule has 1 heterocycles. The first-order valence-corrected chi connectivity index (χ1v) is 6.44. The van der Waals surface area contributed by atoms with E-state index in [0.717, 1.165) is 11.3 Å². The highest BCUT2D eigenvalue weighted by Crippen LogP contribution is 2.21. The van der Waals surface area contributed by atoms with Crippen molar-refractivity contribution >= 4 is 29.9 Å². The molecule has 1 atom stereocenters. The van der Waals surface area contributed by atoms with E-state index in [1.165, 1.54) is 0 Å². The van der Waals surface area contributed by atoms with E-state index in [9.17, 15) is 9.59 Å². The minimum atomic E-state index is -0.401. The second kappa shape index (κ2) is 7.26. The standard InChI is InChI=1S/C14H19N3O2.ClH/c1-10-3-5-11(6-4-10)17-8-7-12(14(17)19)16-13(18)9-15-2;/h3-6,12,15H,7-9H2,1-2H3,(H,16,18);1H. The van der Waals surface area contributed by atoms with E-state index in [2.05, 4.69) is 10.6 Å². The summed E-state index contributed by atoms with van der Waals surface area (Å²) in [7, 11) is 1.70. The SMILES string of the molecule is CNCC(=O)NC1CCN(c2ccc(C)cc2)C1=O.Cl. The highest BCUT2D eigenvalue weighted by atomic mass is 35.5. The topological polar surface area (TPSA) is 61.4 Å². The van der Waals surface area contributed by atoms with Crippen molar-refractivity contribution in [1.82, 2.24) is 10.6 Å². The van der Waals surface area contributed by atoms with Crippen molar-refractivity contribution in [3.63, 3.8) is 0 Å². The monoisotopic (exact) mass is 297 g/mol. The molecule has 0 saturated carbocycles. The molecule has 0 radical (unpaired) electrons. The van der Waals surface area contributed by atoms with Gasteiger partial charge in [0.2, 0.25) is 11.8 Å². The lowest BCUT2D eigenvalue weighted by molar-refractivity contribution is -0.125. The lowest BCUT2D eigenvalue weighted by Crippen LogP contribution is -2.44. The molecule has 2 amide bonds. The molecule has 1 unspecified atom stereocenters. The van der Waals surface area contributed by atoms with Gasteiger partial charge in [0.15, 0.2) is 0 Å². The molecule has 1 saturated heterocycles. The summed E-state index contributed by atoms with van der Waals surface area (Å²) in [5.74, 6) is -0.181. The lowest BCUT2D eigenvalue weighted by atomic mass is 10.2. The molecule has 6 heteroatoms. The zero-order valence-electron chi connectivity index (χ0n) is 11.7. The van der Waals surface area contributed by atoms with Crippen LogP contribution in [0.2, 0.25) is 0 Å². The molecule has 1 fully saturated rings. The number of carbonyl (C=O) groups is 2. The molecule has 1 aromatic carbocycles. The van der Waals surface area contributed by atoms with Gasteiger partial charge < -0.3 is 15.5 Å². The average Bonchev–Trinajstić information content (AvgIpc) is 2.73. The maximum absolute atomic E-state index is 12.2. The summed E-state index contributed by atoms with van der Waals surface area (Å²) in [6.45, 7) is 2.89. The van der Waals surface area contributed by atoms with E-state index in [1.54, 1.807) is 11.9 Å². The van der Waals surface area contributed by atoms with Gasteiger partial charge in [-0.3, -0.25) is 9.59 Å². The van der Waals surface area contributed by atoms with E-state index in [-0.39, 0.29) is 30.8 Å². The third-order valence-corrected chi connectivity index (χ3v) is 3.22. The first-order chi connectivity index (χ1) is 9.11. The molecule has 5 nitrogen and oxygen atoms in total. The largest absolute Gasteiger partial charge is 0.343 e. The molecule has 0 aromatic heterocycles. The Kier molecular flexibility index (Phi) is 5.98. The van der Waals surface area contributed by atoms with Crippen LogP contribution in [0.25, 0.3) is 0 Å². The molecule has 1 aromatic rings. The molecule has 20 heavy (non-hydrogen) atoms. The molecular formula is C14H20ClN3O2. The summed E-state index contributed by atoms with van der Waals surface area (Å²) < 4.78 is 0. The summed E-state index contributed by atoms with van der Waals surface area (Å²) in [5.41, 5.74) is 2.05. The van der Waals surface area contributed by atoms with Crippen molar-refractivity contribution in [2.75, 3.05) is 25.0 Å². The van der Waals surface area contributed by atoms with Crippen LogP contribution in [-0.4, -0.2) is 38.0 Å². The van der Waals surface area contributed by atoms with Crippen LogP contribution in [-0.2, 0) is 9.59 Å². The van der Waals surface area contributed by atoms with Crippen LogP contribution in [0.1, 0.15) is 12.0 Å². The van der Waals surface area contributed by atoms with Crippen LogP contribution in [0.4, 0.5) is 5.69 Å². The number of nitrogens with one attached hydrogen (secondary N) is 2. The number of halogens is 1. The van der Waals surface area contributed by atoms with E-state index in [4.69, 9.17) is 0 Å². The summed E-state index contributed by atoms with van der Waals surface area (Å²) in [5, 5.41) is 5.52. The number of likely N-dealkylation sites (N-methyl/N-ethyl adjacent to an activating group) is 1. The van der Waals surface area contributed by atoms with E-state index in [1.807, 2.05) is 31.2 Å². The minimum Gasteiger partial charge on any atom is -0.343 e. The fraction of sp³-hybridized carbons (Fsp3) is 0.429. The van der Waals surface area contributed by atoms with Crippen molar-refractivity contribution in [3.05, 3.63) is 29.8 Å². The summed E-state index contributed by atoms with van der Waals surface area (Å²) in [4.78, 5) is 25.4. The number of anilines is 1. The molecule has 1 aliphatic rings. The van der Waals surface area contributed by atoms with Gasteiger partial charge in [-0.25, -0.2) is 0 Å². The van der Waals surface area contributed by atoms with Crippen LogP contribution in [0.15, 0.2) is 24.3 Å². The Labute approximate surface area is 125 Å². The summed E-state index contributed by atoms with van der Waals surface area (Å²) in [6.07, 6.45) is 0.655. The van der Waals surface area contributed by atoms with E-state index < -0.39 is 6.04 Å². The molecule has 2 N–H and O–H groups in total. The van der Waals surface area contributed by atoms with Gasteiger partial charge in [-0.05, 0) is 32.5 Å². The quantitative estimate of drug-likeness (QED) is 0.866. The molecule has 0 bridgehead atoms.